The average Bonchev–Trinajstić information content (AvgIpc) is 0.833. The van der Waals surface area contributed by atoms with Crippen LogP contribution in [0.4, 0.5) is 22.0 Å². The summed E-state index contributed by atoms with van der Waals surface area (Å²) in [6.07, 6.45) is 20.6. The highest BCUT2D eigenvalue weighted by Gasteiger charge is 2.15. The van der Waals surface area contributed by atoms with Gasteiger partial charge in [-0.05, 0) is 246 Å². The summed E-state index contributed by atoms with van der Waals surface area (Å²) < 4.78 is 73.2. The lowest BCUT2D eigenvalue weighted by molar-refractivity contribution is 0.631. The molecule has 0 aliphatic rings. The molecule has 15 aromatic rings. The van der Waals surface area contributed by atoms with Crippen molar-refractivity contribution in [3.63, 3.8) is 0 Å². The third-order valence-electron chi connectivity index (χ3n) is 22.7. The normalized spacial score (nSPS) is 10.7. The third-order valence-corrected chi connectivity index (χ3v) is 22.7. The van der Waals surface area contributed by atoms with Crippen LogP contribution in [0.3, 0.4) is 0 Å². The number of aryl methyl sites for hydroxylation is 10. The Kier molecular flexibility index (Phi) is 34.8. The Morgan fingerprint density at radius 1 is 0.171 bits per heavy atom. The van der Waals surface area contributed by atoms with E-state index in [0.717, 1.165) is 186 Å². The number of hydrogen-bond acceptors (Lipinski definition) is 0. The van der Waals surface area contributed by atoms with Crippen molar-refractivity contribution >= 4 is 0 Å². The number of hydrogen-bond donors (Lipinski definition) is 0. The Morgan fingerprint density at radius 3 is 0.447 bits per heavy atom. The largest absolute Gasteiger partial charge is 0.206 e. The van der Waals surface area contributed by atoms with Gasteiger partial charge in [0.25, 0.3) is 0 Å². The minimum Gasteiger partial charge on any atom is -0.206 e. The summed E-state index contributed by atoms with van der Waals surface area (Å²) in [5.41, 5.74) is 30.6. The summed E-state index contributed by atoms with van der Waals surface area (Å²) in [7, 11) is 0. The van der Waals surface area contributed by atoms with Crippen molar-refractivity contribution in [3.05, 3.63) is 444 Å². The van der Waals surface area contributed by atoms with Gasteiger partial charge in [0.1, 0.15) is 29.1 Å². The monoisotopic (exact) mass is 1630 g/mol. The van der Waals surface area contributed by atoms with E-state index in [0.29, 0.717) is 27.8 Å². The third kappa shape index (κ3) is 26.0. The minimum atomic E-state index is -0.184. The highest BCUT2D eigenvalue weighted by molar-refractivity contribution is 5.77. The lowest BCUT2D eigenvalue weighted by atomic mass is 9.97. The molecular formula is C118H117F5. The number of rotatable bonds is 28. The smallest absolute Gasteiger partial charge is 0.131 e. The standard InChI is InChI=1S/2C24H23F.C24H25F.2C23H23F/c1-3-5-6-19-9-11-20(12-10-19)22-15-16-23(24(25)17-22)21-13-7-18(4-2)8-14-21;1-3-5-6-19-9-13-21(14-10-19)23-16-15-22(17-24(23)25)20-11-7-18(4-2)8-12-20;1-3-5-18-7-11-20(12-8-18)22-15-16-23(24(25)17-22)21-13-9-19(6-4-2)10-14-21;1-3-5-18-8-10-19(11-9-18)21-14-15-22(23(24)16-21)20-12-6-17(4-2)7-13-20;1-3-5-18-8-12-20(13-9-18)22-15-14-21(16-23(22)24)19-10-6-17(4-2)7-11-19/h2*3,7-17H,1,4-6H2,2H3;7-17H,3-6H2,1-2H3;2*6-16H,3-5H2,1-2H3. The first-order chi connectivity index (χ1) is 60.0. The van der Waals surface area contributed by atoms with Crippen molar-refractivity contribution in [2.24, 2.45) is 0 Å². The summed E-state index contributed by atoms with van der Waals surface area (Å²) in [6.45, 7) is 24.7. The van der Waals surface area contributed by atoms with Crippen molar-refractivity contribution < 1.29 is 22.0 Å². The Hall–Kier alpha value is -12.6. The lowest BCUT2D eigenvalue weighted by Gasteiger charge is -2.09. The molecule has 0 atom stereocenters. The maximum Gasteiger partial charge on any atom is 0.131 e. The van der Waals surface area contributed by atoms with Crippen molar-refractivity contribution in [1.82, 2.24) is 0 Å². The fourth-order valence-corrected chi connectivity index (χ4v) is 15.2. The summed E-state index contributed by atoms with van der Waals surface area (Å²) in [5.74, 6) is -0.878. The molecule has 15 rings (SSSR count). The first-order valence-corrected chi connectivity index (χ1v) is 44.2. The van der Waals surface area contributed by atoms with Gasteiger partial charge in [0.2, 0.25) is 0 Å². The molecule has 0 heterocycles. The van der Waals surface area contributed by atoms with Crippen molar-refractivity contribution in [1.29, 1.82) is 0 Å². The van der Waals surface area contributed by atoms with Crippen LogP contribution in [0, 0.1) is 29.1 Å². The van der Waals surface area contributed by atoms with Crippen LogP contribution < -0.4 is 0 Å². The maximum absolute atomic E-state index is 14.7. The fourth-order valence-electron chi connectivity index (χ4n) is 15.2. The highest BCUT2D eigenvalue weighted by Crippen LogP contribution is 2.36. The molecule has 0 radical (unpaired) electrons. The second-order valence-corrected chi connectivity index (χ2v) is 31.5. The van der Waals surface area contributed by atoms with Gasteiger partial charge in [-0.3, -0.25) is 0 Å². The Labute approximate surface area is 730 Å². The maximum atomic E-state index is 14.7. The summed E-state index contributed by atoms with van der Waals surface area (Å²) >= 11 is 0. The molecule has 0 bridgehead atoms. The van der Waals surface area contributed by atoms with Crippen molar-refractivity contribution in [2.45, 2.75) is 158 Å². The van der Waals surface area contributed by atoms with Crippen LogP contribution >= 0.6 is 0 Å². The first-order valence-electron chi connectivity index (χ1n) is 44.2. The van der Waals surface area contributed by atoms with Gasteiger partial charge >= 0.3 is 0 Å². The van der Waals surface area contributed by atoms with Gasteiger partial charge in [-0.2, -0.15) is 0 Å². The highest BCUT2D eigenvalue weighted by atomic mass is 19.1. The number of allylic oxidation sites excluding steroid dienone is 2. The molecule has 5 heteroatoms. The van der Waals surface area contributed by atoms with E-state index in [9.17, 15) is 22.0 Å². The van der Waals surface area contributed by atoms with E-state index in [1.807, 2.05) is 133 Å². The second kappa shape index (κ2) is 47.0. The van der Waals surface area contributed by atoms with Gasteiger partial charge in [-0.1, -0.05) is 397 Å². The molecule has 15 aromatic carbocycles. The zero-order valence-corrected chi connectivity index (χ0v) is 73.0. The molecular weight excluding hydrogens is 1510 g/mol. The Bertz CT molecular complexity index is 5780. The fraction of sp³-hybridized carbons (Fsp3) is 0.203. The predicted molar refractivity (Wildman–Crippen MR) is 517 cm³/mol. The van der Waals surface area contributed by atoms with Gasteiger partial charge in [-0.15, -0.1) is 13.2 Å². The van der Waals surface area contributed by atoms with Crippen molar-refractivity contribution in [2.75, 3.05) is 0 Å². The van der Waals surface area contributed by atoms with E-state index in [1.165, 1.54) is 55.6 Å². The van der Waals surface area contributed by atoms with E-state index in [1.54, 1.807) is 30.3 Å². The van der Waals surface area contributed by atoms with Crippen LogP contribution in [0.25, 0.3) is 111 Å². The van der Waals surface area contributed by atoms with Crippen LogP contribution in [-0.2, 0) is 64.2 Å². The molecule has 0 aliphatic heterocycles. The minimum absolute atomic E-state index is 0.168. The lowest BCUT2D eigenvalue weighted by Crippen LogP contribution is -1.89. The second-order valence-electron chi connectivity index (χ2n) is 31.5. The molecule has 0 N–H and O–H groups in total. The van der Waals surface area contributed by atoms with Gasteiger partial charge < -0.3 is 0 Å². The number of halogens is 5. The molecule has 0 unspecified atom stereocenters. The molecule has 624 valence electrons. The Balaban J connectivity index is 0.000000150. The van der Waals surface area contributed by atoms with Gasteiger partial charge in [0.15, 0.2) is 0 Å². The van der Waals surface area contributed by atoms with E-state index in [-0.39, 0.29) is 29.1 Å². The van der Waals surface area contributed by atoms with Crippen LogP contribution in [0.1, 0.15) is 150 Å². The molecule has 0 saturated carbocycles. The molecule has 0 nitrogen and oxygen atoms in total. The van der Waals surface area contributed by atoms with Crippen LogP contribution in [0.2, 0.25) is 0 Å². The summed E-state index contributed by atoms with van der Waals surface area (Å²) in [5, 5.41) is 0. The molecule has 0 aliphatic carbocycles. The topological polar surface area (TPSA) is 0 Å². The van der Waals surface area contributed by atoms with Crippen LogP contribution in [0.5, 0.6) is 0 Å². The quantitative estimate of drug-likeness (QED) is 0.0339. The SMILES string of the molecule is C=CCCc1ccc(-c2ccc(-c3ccc(CC)cc3)c(F)c2)cc1.C=CCCc1ccc(-c2ccc(-c3ccc(CC)cc3)cc2F)cc1.CCCc1ccc(-c2ccc(-c3ccc(CC)cc3)c(F)c2)cc1.CCCc1ccc(-c2ccc(-c3ccc(CC)cc3)cc2F)cc1.CCCc1ccc(-c2ccc(-c3ccc(CCC)cc3)c(F)c2)cc1. The summed E-state index contributed by atoms with van der Waals surface area (Å²) in [6, 6.07) is 110. The van der Waals surface area contributed by atoms with Gasteiger partial charge in [-0.25, -0.2) is 22.0 Å². The van der Waals surface area contributed by atoms with Crippen LogP contribution in [-0.4, -0.2) is 0 Å². The summed E-state index contributed by atoms with van der Waals surface area (Å²) in [4.78, 5) is 0. The molecule has 0 saturated heterocycles. The van der Waals surface area contributed by atoms with E-state index < -0.39 is 0 Å². The molecule has 0 amide bonds. The van der Waals surface area contributed by atoms with Crippen LogP contribution in [0.15, 0.2) is 359 Å². The van der Waals surface area contributed by atoms with Crippen molar-refractivity contribution in [3.8, 4) is 111 Å². The zero-order chi connectivity index (χ0) is 86.8. The number of benzene rings is 15. The van der Waals surface area contributed by atoms with E-state index >= 15 is 0 Å². The molecule has 123 heavy (non-hydrogen) atoms. The van der Waals surface area contributed by atoms with E-state index in [4.69, 9.17) is 0 Å². The van der Waals surface area contributed by atoms with Gasteiger partial charge in [0, 0.05) is 27.8 Å². The average molecular weight is 1630 g/mol. The Morgan fingerprint density at radius 2 is 0.309 bits per heavy atom. The predicted octanol–water partition coefficient (Wildman–Crippen LogP) is 34.1. The van der Waals surface area contributed by atoms with Gasteiger partial charge in [0.05, 0.1) is 0 Å². The molecule has 0 fully saturated rings. The zero-order valence-electron chi connectivity index (χ0n) is 73.0. The van der Waals surface area contributed by atoms with E-state index in [2.05, 4.69) is 251 Å². The molecule has 0 spiro atoms. The first kappa shape index (κ1) is 91.2. The molecule has 0 aromatic heterocycles.